The molecule has 3 nitrogen and oxygen atoms in total. The van der Waals surface area contributed by atoms with Gasteiger partial charge in [0.1, 0.15) is 0 Å². The van der Waals surface area contributed by atoms with Gasteiger partial charge in [0.05, 0.1) is 6.54 Å². The Hall–Kier alpha value is -1.35. The van der Waals surface area contributed by atoms with Crippen molar-refractivity contribution in [2.45, 2.75) is 50.6 Å². The molecule has 3 heteroatoms. The zero-order valence-corrected chi connectivity index (χ0v) is 12.5. The van der Waals surface area contributed by atoms with Crippen LogP contribution in [0.25, 0.3) is 0 Å². The molecule has 2 atom stereocenters. The largest absolute Gasteiger partial charge is 0.352 e. The summed E-state index contributed by atoms with van der Waals surface area (Å²) in [5.74, 6) is 1.58. The summed E-state index contributed by atoms with van der Waals surface area (Å²) in [6, 6.07) is 9.86. The van der Waals surface area contributed by atoms with Crippen molar-refractivity contribution in [2.75, 3.05) is 6.54 Å². The summed E-state index contributed by atoms with van der Waals surface area (Å²) in [5, 5.41) is 6.65. The molecule has 21 heavy (non-hydrogen) atoms. The summed E-state index contributed by atoms with van der Waals surface area (Å²) in [6.07, 6.45) is 7.29. The van der Waals surface area contributed by atoms with E-state index in [1.165, 1.54) is 36.8 Å². The third-order valence-electron chi connectivity index (χ3n) is 5.45. The van der Waals surface area contributed by atoms with Crippen molar-refractivity contribution >= 4 is 5.91 Å². The molecule has 2 N–H and O–H groups in total. The molecule has 0 heterocycles. The lowest BCUT2D eigenvalue weighted by Gasteiger charge is -2.23. The molecule has 0 saturated heterocycles. The first kappa shape index (κ1) is 13.3. The van der Waals surface area contributed by atoms with Crippen LogP contribution in [0.2, 0.25) is 0 Å². The van der Waals surface area contributed by atoms with Gasteiger partial charge in [-0.25, -0.2) is 0 Å². The number of amides is 1. The predicted octanol–water partition coefficient (Wildman–Crippen LogP) is 2.05. The van der Waals surface area contributed by atoms with Crippen molar-refractivity contribution in [1.29, 1.82) is 0 Å². The van der Waals surface area contributed by atoms with Crippen molar-refractivity contribution in [3.63, 3.8) is 0 Å². The van der Waals surface area contributed by atoms with Crippen LogP contribution in [-0.4, -0.2) is 24.5 Å². The number of hydrogen-bond acceptors (Lipinski definition) is 2. The normalized spacial score (nSPS) is 30.6. The van der Waals surface area contributed by atoms with E-state index in [0.29, 0.717) is 30.5 Å². The third kappa shape index (κ3) is 2.84. The highest BCUT2D eigenvalue weighted by Gasteiger charge is 2.38. The van der Waals surface area contributed by atoms with E-state index in [-0.39, 0.29) is 5.91 Å². The molecule has 2 fully saturated rings. The van der Waals surface area contributed by atoms with Crippen LogP contribution >= 0.6 is 0 Å². The topological polar surface area (TPSA) is 41.1 Å². The Kier molecular flexibility index (Phi) is 3.46. The number of benzene rings is 1. The van der Waals surface area contributed by atoms with E-state index in [1.54, 1.807) is 0 Å². The quantitative estimate of drug-likeness (QED) is 0.888. The Labute approximate surface area is 126 Å². The van der Waals surface area contributed by atoms with E-state index in [4.69, 9.17) is 0 Å². The molecule has 1 amide bonds. The number of rotatable bonds is 4. The maximum absolute atomic E-state index is 11.9. The van der Waals surface area contributed by atoms with E-state index in [2.05, 4.69) is 34.9 Å². The fraction of sp³-hybridized carbons (Fsp3) is 0.611. The SMILES string of the molecule is O=C(CNC1C2CCC1Cc1ccccc1C2)NC1CC1. The van der Waals surface area contributed by atoms with E-state index in [0.717, 1.165) is 12.8 Å². The monoisotopic (exact) mass is 284 g/mol. The van der Waals surface area contributed by atoms with Crippen molar-refractivity contribution in [3.8, 4) is 0 Å². The molecule has 1 aromatic rings. The second-order valence-corrected chi connectivity index (χ2v) is 7.02. The molecular weight excluding hydrogens is 260 g/mol. The molecule has 0 aromatic heterocycles. The third-order valence-corrected chi connectivity index (χ3v) is 5.45. The van der Waals surface area contributed by atoms with Gasteiger partial charge in [-0.3, -0.25) is 4.79 Å². The summed E-state index contributed by atoms with van der Waals surface area (Å²) in [5.41, 5.74) is 3.05. The van der Waals surface area contributed by atoms with Gasteiger partial charge in [-0.05, 0) is 61.5 Å². The van der Waals surface area contributed by atoms with Gasteiger partial charge in [0, 0.05) is 12.1 Å². The average Bonchev–Trinajstić information content (AvgIpc) is 3.21. The first-order chi connectivity index (χ1) is 10.3. The maximum atomic E-state index is 11.9. The molecule has 4 rings (SSSR count). The Morgan fingerprint density at radius 3 is 2.19 bits per heavy atom. The highest BCUT2D eigenvalue weighted by molar-refractivity contribution is 5.78. The van der Waals surface area contributed by atoms with Gasteiger partial charge in [0.25, 0.3) is 0 Å². The molecule has 3 aliphatic carbocycles. The van der Waals surface area contributed by atoms with E-state index < -0.39 is 0 Å². The van der Waals surface area contributed by atoms with Crippen molar-refractivity contribution in [2.24, 2.45) is 11.8 Å². The van der Waals surface area contributed by atoms with Crippen LogP contribution in [0.4, 0.5) is 0 Å². The Morgan fingerprint density at radius 2 is 1.62 bits per heavy atom. The van der Waals surface area contributed by atoms with Gasteiger partial charge in [0.2, 0.25) is 5.91 Å². The van der Waals surface area contributed by atoms with Gasteiger partial charge >= 0.3 is 0 Å². The highest BCUT2D eigenvalue weighted by Crippen LogP contribution is 2.39. The van der Waals surface area contributed by atoms with Crippen molar-refractivity contribution in [3.05, 3.63) is 35.4 Å². The minimum Gasteiger partial charge on any atom is -0.352 e. The summed E-state index contributed by atoms with van der Waals surface area (Å²) in [4.78, 5) is 11.9. The van der Waals surface area contributed by atoms with E-state index in [9.17, 15) is 4.79 Å². The van der Waals surface area contributed by atoms with Crippen LogP contribution in [0.3, 0.4) is 0 Å². The van der Waals surface area contributed by atoms with Gasteiger partial charge in [0.15, 0.2) is 0 Å². The molecule has 0 aliphatic heterocycles. The van der Waals surface area contributed by atoms with Crippen LogP contribution < -0.4 is 10.6 Å². The van der Waals surface area contributed by atoms with Crippen LogP contribution in [0.5, 0.6) is 0 Å². The van der Waals surface area contributed by atoms with Crippen LogP contribution in [-0.2, 0) is 17.6 Å². The minimum atomic E-state index is 0.179. The summed E-state index contributed by atoms with van der Waals surface area (Å²) >= 11 is 0. The molecule has 0 spiro atoms. The molecule has 1 aromatic carbocycles. The van der Waals surface area contributed by atoms with E-state index >= 15 is 0 Å². The van der Waals surface area contributed by atoms with Crippen molar-refractivity contribution in [1.82, 2.24) is 10.6 Å². The number of nitrogens with one attached hydrogen (secondary N) is 2. The van der Waals surface area contributed by atoms with Gasteiger partial charge in [-0.15, -0.1) is 0 Å². The van der Waals surface area contributed by atoms with Gasteiger partial charge in [-0.2, -0.15) is 0 Å². The smallest absolute Gasteiger partial charge is 0.234 e. The standard InChI is InChI=1S/C18H24N2O/c21-17(20-16-7-8-16)11-19-18-14-5-6-15(18)10-13-4-2-1-3-12(13)9-14/h1-4,14-16,18-19H,5-11H2,(H,20,21). The lowest BCUT2D eigenvalue weighted by atomic mass is 9.94. The van der Waals surface area contributed by atoms with E-state index in [1.807, 2.05) is 0 Å². The van der Waals surface area contributed by atoms with Gasteiger partial charge in [-0.1, -0.05) is 24.3 Å². The summed E-state index contributed by atoms with van der Waals surface area (Å²) in [6.45, 7) is 0.491. The molecular formula is C18H24N2O. The van der Waals surface area contributed by atoms with Crippen LogP contribution in [0.1, 0.15) is 36.8 Å². The second kappa shape index (κ2) is 5.45. The number of carbonyl (C=O) groups is 1. The summed E-state index contributed by atoms with van der Waals surface area (Å²) < 4.78 is 0. The first-order valence-electron chi connectivity index (χ1n) is 8.39. The lowest BCUT2D eigenvalue weighted by molar-refractivity contribution is -0.120. The fourth-order valence-electron chi connectivity index (χ4n) is 4.20. The molecule has 3 aliphatic rings. The maximum Gasteiger partial charge on any atom is 0.234 e. The summed E-state index contributed by atoms with van der Waals surface area (Å²) in [7, 11) is 0. The zero-order chi connectivity index (χ0) is 14.2. The Morgan fingerprint density at radius 1 is 1.00 bits per heavy atom. The molecule has 112 valence electrons. The lowest BCUT2D eigenvalue weighted by Crippen LogP contribution is -2.44. The first-order valence-corrected chi connectivity index (χ1v) is 8.39. The highest BCUT2D eigenvalue weighted by atomic mass is 16.2. The zero-order valence-electron chi connectivity index (χ0n) is 12.5. The van der Waals surface area contributed by atoms with Gasteiger partial charge < -0.3 is 10.6 Å². The number of carbonyl (C=O) groups excluding carboxylic acids is 1. The molecule has 2 unspecified atom stereocenters. The minimum absolute atomic E-state index is 0.179. The Balaban J connectivity index is 1.41. The molecule has 2 saturated carbocycles. The average molecular weight is 284 g/mol. The molecule has 0 radical (unpaired) electrons. The van der Waals surface area contributed by atoms with Crippen LogP contribution in [0, 0.1) is 11.8 Å². The Bertz CT molecular complexity index is 505. The number of hydrogen-bond donors (Lipinski definition) is 2. The number of fused-ring (bicyclic) bond motifs is 3. The fourth-order valence-corrected chi connectivity index (χ4v) is 4.20. The molecule has 2 bridgehead atoms. The van der Waals surface area contributed by atoms with Crippen molar-refractivity contribution < 1.29 is 4.79 Å². The van der Waals surface area contributed by atoms with Crippen LogP contribution in [0.15, 0.2) is 24.3 Å². The predicted molar refractivity (Wildman–Crippen MR) is 83.0 cm³/mol. The second-order valence-electron chi connectivity index (χ2n) is 7.02.